The topological polar surface area (TPSA) is 50.7 Å². The van der Waals surface area contributed by atoms with E-state index in [2.05, 4.69) is 19.2 Å². The van der Waals surface area contributed by atoms with Gasteiger partial charge in [0.25, 0.3) is 0 Å². The van der Waals surface area contributed by atoms with Gasteiger partial charge in [-0.2, -0.15) is 0 Å². The van der Waals surface area contributed by atoms with Crippen molar-refractivity contribution in [2.24, 2.45) is 5.92 Å². The maximum atomic E-state index is 9.66. The number of rotatable bonds is 10. The molecule has 0 aromatic rings. The molecule has 2 N–H and O–H groups in total. The molecule has 1 unspecified atom stereocenters. The normalized spacial score (nSPS) is 14.3. The van der Waals surface area contributed by atoms with Crippen molar-refractivity contribution < 1.29 is 14.6 Å². The van der Waals surface area contributed by atoms with E-state index in [1.807, 2.05) is 20.8 Å². The van der Waals surface area contributed by atoms with Crippen LogP contribution in [0.3, 0.4) is 0 Å². The fourth-order valence-electron chi connectivity index (χ4n) is 1.48. The highest BCUT2D eigenvalue weighted by Gasteiger charge is 2.17. The van der Waals surface area contributed by atoms with Gasteiger partial charge in [-0.1, -0.05) is 13.8 Å². The van der Waals surface area contributed by atoms with Crippen LogP contribution in [0.2, 0.25) is 0 Å². The van der Waals surface area contributed by atoms with Gasteiger partial charge in [-0.15, -0.1) is 0 Å². The van der Waals surface area contributed by atoms with Crippen LogP contribution >= 0.6 is 0 Å². The quantitative estimate of drug-likeness (QED) is 0.613. The summed E-state index contributed by atoms with van der Waals surface area (Å²) in [7, 11) is 0. The first-order valence-electron chi connectivity index (χ1n) is 6.48. The molecule has 4 nitrogen and oxygen atoms in total. The van der Waals surface area contributed by atoms with Crippen molar-refractivity contribution in [1.82, 2.24) is 5.32 Å². The van der Waals surface area contributed by atoms with Crippen molar-refractivity contribution in [1.29, 1.82) is 0 Å². The van der Waals surface area contributed by atoms with Crippen LogP contribution in [0.4, 0.5) is 0 Å². The first-order chi connectivity index (χ1) is 7.87. The van der Waals surface area contributed by atoms with E-state index in [1.54, 1.807) is 0 Å². The van der Waals surface area contributed by atoms with E-state index in [0.29, 0.717) is 32.3 Å². The molecule has 104 valence electrons. The molecular weight excluding hydrogens is 218 g/mol. The molecule has 0 amide bonds. The van der Waals surface area contributed by atoms with Gasteiger partial charge in [-0.05, 0) is 26.7 Å². The Balaban J connectivity index is 3.53. The van der Waals surface area contributed by atoms with E-state index in [-0.39, 0.29) is 5.60 Å². The van der Waals surface area contributed by atoms with E-state index >= 15 is 0 Å². The van der Waals surface area contributed by atoms with Crippen LogP contribution in [0, 0.1) is 5.92 Å². The molecular formula is C13H29NO3. The minimum absolute atomic E-state index is 0.187. The van der Waals surface area contributed by atoms with E-state index in [4.69, 9.17) is 9.47 Å². The molecule has 0 saturated heterocycles. The lowest BCUT2D eigenvalue weighted by Gasteiger charge is -2.25. The molecule has 0 saturated carbocycles. The number of hydrogen-bond donors (Lipinski definition) is 2. The van der Waals surface area contributed by atoms with Gasteiger partial charge in [-0.25, -0.2) is 0 Å². The average Bonchev–Trinajstić information content (AvgIpc) is 2.16. The molecule has 0 aliphatic heterocycles. The van der Waals surface area contributed by atoms with Crippen molar-refractivity contribution in [3.63, 3.8) is 0 Å². The lowest BCUT2D eigenvalue weighted by Crippen LogP contribution is -2.41. The first kappa shape index (κ1) is 16.8. The van der Waals surface area contributed by atoms with Crippen LogP contribution in [-0.2, 0) is 9.47 Å². The second-order valence-corrected chi connectivity index (χ2v) is 5.41. The molecule has 1 atom stereocenters. The zero-order valence-electron chi connectivity index (χ0n) is 12.0. The summed E-state index contributed by atoms with van der Waals surface area (Å²) in [5.74, 6) is 0.507. The molecule has 0 fully saturated rings. The molecule has 4 heteroatoms. The second kappa shape index (κ2) is 8.86. The maximum absolute atomic E-state index is 9.66. The van der Waals surface area contributed by atoms with Gasteiger partial charge in [0.1, 0.15) is 0 Å². The van der Waals surface area contributed by atoms with Crippen LogP contribution in [-0.4, -0.2) is 49.7 Å². The lowest BCUT2D eigenvalue weighted by atomic mass is 10.1. The van der Waals surface area contributed by atoms with Gasteiger partial charge >= 0.3 is 0 Å². The van der Waals surface area contributed by atoms with Crippen molar-refractivity contribution in [2.75, 3.05) is 32.9 Å². The van der Waals surface area contributed by atoms with Crippen LogP contribution in [0.5, 0.6) is 0 Å². The summed E-state index contributed by atoms with van der Waals surface area (Å²) in [4.78, 5) is 0. The van der Waals surface area contributed by atoms with Gasteiger partial charge in [0.05, 0.1) is 18.3 Å². The fraction of sp³-hybridized carbons (Fsp3) is 1.00. The average molecular weight is 247 g/mol. The highest BCUT2D eigenvalue weighted by Crippen LogP contribution is 2.06. The monoisotopic (exact) mass is 247 g/mol. The van der Waals surface area contributed by atoms with Crippen molar-refractivity contribution in [2.45, 2.75) is 46.3 Å². The molecule has 0 bridgehead atoms. The van der Waals surface area contributed by atoms with E-state index in [9.17, 15) is 5.11 Å². The minimum Gasteiger partial charge on any atom is -0.389 e. The summed E-state index contributed by atoms with van der Waals surface area (Å²) in [5.41, 5.74) is -0.187. The van der Waals surface area contributed by atoms with Gasteiger partial charge in [-0.3, -0.25) is 0 Å². The maximum Gasteiger partial charge on any atom is 0.0897 e. The zero-order chi connectivity index (χ0) is 13.3. The first-order valence-corrected chi connectivity index (χ1v) is 6.48. The van der Waals surface area contributed by atoms with Gasteiger partial charge < -0.3 is 19.9 Å². The molecule has 0 aromatic carbocycles. The Kier molecular flexibility index (Phi) is 8.78. The van der Waals surface area contributed by atoms with Crippen molar-refractivity contribution in [3.8, 4) is 0 Å². The van der Waals surface area contributed by atoms with Gasteiger partial charge in [0.2, 0.25) is 0 Å². The van der Waals surface area contributed by atoms with E-state index in [0.717, 1.165) is 6.54 Å². The van der Waals surface area contributed by atoms with Crippen LogP contribution in [0.15, 0.2) is 0 Å². The molecule has 17 heavy (non-hydrogen) atoms. The number of hydrogen-bond acceptors (Lipinski definition) is 4. The van der Waals surface area contributed by atoms with E-state index < -0.39 is 6.10 Å². The number of aliphatic hydroxyl groups is 1. The summed E-state index contributed by atoms with van der Waals surface area (Å²) in [6.07, 6.45) is -0.453. The Bertz CT molecular complexity index is 184. The molecule has 0 aliphatic rings. The summed E-state index contributed by atoms with van der Waals surface area (Å²) < 4.78 is 10.9. The van der Waals surface area contributed by atoms with Crippen LogP contribution < -0.4 is 5.32 Å². The third-order valence-corrected chi connectivity index (χ3v) is 2.23. The summed E-state index contributed by atoms with van der Waals surface area (Å²) in [5, 5.41) is 12.9. The molecule has 0 rings (SSSR count). The van der Waals surface area contributed by atoms with Crippen LogP contribution in [0.25, 0.3) is 0 Å². The van der Waals surface area contributed by atoms with Crippen LogP contribution in [0.1, 0.15) is 34.6 Å². The Morgan fingerprint density at radius 1 is 1.24 bits per heavy atom. The number of nitrogens with one attached hydrogen (secondary N) is 1. The lowest BCUT2D eigenvalue weighted by molar-refractivity contribution is -0.0143. The third kappa shape index (κ3) is 10.7. The molecule has 0 aromatic heterocycles. The summed E-state index contributed by atoms with van der Waals surface area (Å²) in [6, 6.07) is 0. The SMILES string of the molecule is CCOC(C)(C)CNCC(O)COCC(C)C. The van der Waals surface area contributed by atoms with E-state index in [1.165, 1.54) is 0 Å². The van der Waals surface area contributed by atoms with Crippen molar-refractivity contribution >= 4 is 0 Å². The molecule has 0 spiro atoms. The number of aliphatic hydroxyl groups excluding tert-OH is 1. The number of ether oxygens (including phenoxy) is 2. The van der Waals surface area contributed by atoms with Crippen molar-refractivity contribution in [3.05, 3.63) is 0 Å². The predicted molar refractivity (Wildman–Crippen MR) is 70.2 cm³/mol. The van der Waals surface area contributed by atoms with Gasteiger partial charge in [0, 0.05) is 26.3 Å². The smallest absolute Gasteiger partial charge is 0.0897 e. The minimum atomic E-state index is -0.453. The third-order valence-electron chi connectivity index (χ3n) is 2.23. The largest absolute Gasteiger partial charge is 0.389 e. The Labute approximate surface area is 106 Å². The summed E-state index contributed by atoms with van der Waals surface area (Å²) in [6.45, 7) is 13.3. The standard InChI is InChI=1S/C13H29NO3/c1-6-17-13(4,5)10-14-7-12(15)9-16-8-11(2)3/h11-12,14-15H,6-10H2,1-5H3. The highest BCUT2D eigenvalue weighted by atomic mass is 16.5. The van der Waals surface area contributed by atoms with Gasteiger partial charge in [0.15, 0.2) is 0 Å². The predicted octanol–water partition coefficient (Wildman–Crippen LogP) is 1.42. The Hall–Kier alpha value is -0.160. The molecule has 0 heterocycles. The Morgan fingerprint density at radius 3 is 2.41 bits per heavy atom. The Morgan fingerprint density at radius 2 is 1.88 bits per heavy atom. The zero-order valence-corrected chi connectivity index (χ0v) is 12.0. The molecule has 0 aliphatic carbocycles. The second-order valence-electron chi connectivity index (χ2n) is 5.41. The summed E-state index contributed by atoms with van der Waals surface area (Å²) >= 11 is 0. The molecule has 0 radical (unpaired) electrons. The highest BCUT2D eigenvalue weighted by molar-refractivity contribution is 4.72. The fourth-order valence-corrected chi connectivity index (χ4v) is 1.48.